The van der Waals surface area contributed by atoms with Crippen molar-refractivity contribution in [3.05, 3.63) is 0 Å². The summed E-state index contributed by atoms with van der Waals surface area (Å²) in [6.07, 6.45) is 0.354. The summed E-state index contributed by atoms with van der Waals surface area (Å²) in [6, 6.07) is 0. The lowest BCUT2D eigenvalue weighted by molar-refractivity contribution is -0.359. The Morgan fingerprint density at radius 2 is 1.25 bits per heavy atom. The molecule has 0 unspecified atom stereocenters. The van der Waals surface area contributed by atoms with Gasteiger partial charge in [0, 0.05) is 9.84 Å². The molecule has 1 aliphatic carbocycles. The largest absolute Gasteiger partial charge is 0.392 e. The first kappa shape index (κ1) is 18.5. The molecule has 0 N–H and O–H groups in total. The van der Waals surface area contributed by atoms with Gasteiger partial charge in [-0.05, 0) is 24.4 Å². The molecule has 1 rings (SSSR count). The highest BCUT2D eigenvalue weighted by Crippen LogP contribution is 2.58. The van der Waals surface area contributed by atoms with Crippen LogP contribution in [0.2, 0.25) is 0 Å². The highest BCUT2D eigenvalue weighted by Gasteiger charge is 2.81. The van der Waals surface area contributed by atoms with Gasteiger partial charge in [0.05, 0.1) is 0 Å². The molecule has 1 aliphatic rings. The summed E-state index contributed by atoms with van der Waals surface area (Å²) in [4.78, 5) is 0. The fraction of sp³-hybridized carbons (Fsp3) is 1.00. The number of hydrogen-bond acceptors (Lipinski definition) is 0. The van der Waals surface area contributed by atoms with E-state index in [9.17, 15) is 35.1 Å². The van der Waals surface area contributed by atoms with Gasteiger partial charge in [0.2, 0.25) is 0 Å². The Hall–Kier alpha value is 0.460. The lowest BCUT2D eigenvalue weighted by Gasteiger charge is -2.41. The topological polar surface area (TPSA) is 0 Å². The second-order valence-electron chi connectivity index (χ2n) is 4.68. The summed E-state index contributed by atoms with van der Waals surface area (Å²) in [5.41, 5.74) is 0. The Kier molecular flexibility index (Phi) is 5.17. The van der Waals surface area contributed by atoms with Crippen LogP contribution in [0.1, 0.15) is 25.7 Å². The predicted molar refractivity (Wildman–Crippen MR) is 65.4 cm³/mol. The standard InChI is InChI=1S/C10H10ClF8I/c11-10(18,19)9(16,17)8(14,15)7(12,13)5-3-1-2-4-6(5)20/h5-6H,1-4H2/t5-,6-/m1/s1. The van der Waals surface area contributed by atoms with Crippen molar-refractivity contribution >= 4 is 34.2 Å². The lowest BCUT2D eigenvalue weighted by atomic mass is 9.80. The van der Waals surface area contributed by atoms with Crippen molar-refractivity contribution in [1.29, 1.82) is 0 Å². The SMILES string of the molecule is FC(F)(Cl)C(F)(F)C(F)(F)C(F)(F)[C@@H]1CCCC[C@H]1I. The first-order chi connectivity index (χ1) is 8.77. The van der Waals surface area contributed by atoms with Crippen LogP contribution in [0.5, 0.6) is 0 Å². The van der Waals surface area contributed by atoms with E-state index in [-0.39, 0.29) is 12.8 Å². The quantitative estimate of drug-likeness (QED) is 0.296. The molecule has 0 aromatic carbocycles. The number of hydrogen-bond donors (Lipinski definition) is 0. The summed E-state index contributed by atoms with van der Waals surface area (Å²) in [6.45, 7) is 0. The van der Waals surface area contributed by atoms with Gasteiger partial charge in [-0.1, -0.05) is 35.4 Å². The lowest BCUT2D eigenvalue weighted by Crippen LogP contribution is -2.63. The minimum Gasteiger partial charge on any atom is -0.199 e. The number of alkyl halides is 10. The molecule has 0 amide bonds. The van der Waals surface area contributed by atoms with E-state index in [1.54, 1.807) is 0 Å². The third kappa shape index (κ3) is 2.85. The van der Waals surface area contributed by atoms with E-state index in [0.29, 0.717) is 6.42 Å². The number of rotatable bonds is 4. The van der Waals surface area contributed by atoms with E-state index in [1.807, 2.05) is 0 Å². The van der Waals surface area contributed by atoms with Crippen molar-refractivity contribution in [1.82, 2.24) is 0 Å². The molecule has 120 valence electrons. The van der Waals surface area contributed by atoms with E-state index in [1.165, 1.54) is 22.6 Å². The maximum absolute atomic E-state index is 13.7. The average molecular weight is 445 g/mol. The van der Waals surface area contributed by atoms with E-state index >= 15 is 0 Å². The number of halogens is 10. The van der Waals surface area contributed by atoms with Crippen LogP contribution in [0.4, 0.5) is 35.1 Å². The molecule has 1 saturated carbocycles. The molecule has 0 saturated heterocycles. The molecule has 0 heterocycles. The van der Waals surface area contributed by atoms with E-state index in [4.69, 9.17) is 0 Å². The summed E-state index contributed by atoms with van der Waals surface area (Å²) < 4.78 is 104. The van der Waals surface area contributed by atoms with Crippen molar-refractivity contribution in [3.8, 4) is 0 Å². The van der Waals surface area contributed by atoms with Crippen LogP contribution in [0, 0.1) is 5.92 Å². The zero-order valence-corrected chi connectivity index (χ0v) is 12.7. The first-order valence-corrected chi connectivity index (χ1v) is 7.23. The zero-order valence-electron chi connectivity index (χ0n) is 9.76. The summed E-state index contributed by atoms with van der Waals surface area (Å²) in [5.74, 6) is -20.0. The van der Waals surface area contributed by atoms with Gasteiger partial charge in [-0.25, -0.2) is 0 Å². The maximum atomic E-state index is 13.7. The summed E-state index contributed by atoms with van der Waals surface area (Å²) >= 11 is 5.35. The molecule has 0 aliphatic heterocycles. The van der Waals surface area contributed by atoms with Crippen molar-refractivity contribution in [3.63, 3.8) is 0 Å². The Balaban J connectivity index is 3.17. The highest BCUT2D eigenvalue weighted by atomic mass is 127. The van der Waals surface area contributed by atoms with E-state index < -0.39 is 39.4 Å². The van der Waals surface area contributed by atoms with Crippen LogP contribution in [0.15, 0.2) is 0 Å². The maximum Gasteiger partial charge on any atom is 0.392 e. The van der Waals surface area contributed by atoms with Gasteiger partial charge in [0.15, 0.2) is 0 Å². The van der Waals surface area contributed by atoms with Gasteiger partial charge in [-0.15, -0.1) is 0 Å². The van der Waals surface area contributed by atoms with E-state index in [2.05, 4.69) is 11.6 Å². The first-order valence-electron chi connectivity index (χ1n) is 5.61. The fourth-order valence-electron chi connectivity index (χ4n) is 2.11. The van der Waals surface area contributed by atoms with Crippen LogP contribution >= 0.6 is 34.2 Å². The normalized spacial score (nSPS) is 26.7. The smallest absolute Gasteiger partial charge is 0.199 e. The predicted octanol–water partition coefficient (Wildman–Crippen LogP) is 5.72. The molecule has 0 aromatic rings. The molecule has 0 bridgehead atoms. The Bertz CT molecular complexity index is 354. The molecule has 1 fully saturated rings. The monoisotopic (exact) mass is 444 g/mol. The third-order valence-corrected chi connectivity index (χ3v) is 5.04. The zero-order chi connectivity index (χ0) is 16.0. The molecule has 2 atom stereocenters. The third-order valence-electron chi connectivity index (χ3n) is 3.32. The minimum atomic E-state index is -6.35. The minimum absolute atomic E-state index is 0.139. The van der Waals surface area contributed by atoms with Crippen molar-refractivity contribution in [2.75, 3.05) is 0 Å². The van der Waals surface area contributed by atoms with Gasteiger partial charge >= 0.3 is 23.1 Å². The van der Waals surface area contributed by atoms with Crippen LogP contribution in [-0.4, -0.2) is 27.1 Å². The van der Waals surface area contributed by atoms with E-state index in [0.717, 1.165) is 0 Å². The molecule has 0 radical (unpaired) electrons. The van der Waals surface area contributed by atoms with Gasteiger partial charge in [0.25, 0.3) is 0 Å². The van der Waals surface area contributed by atoms with Crippen LogP contribution in [0.3, 0.4) is 0 Å². The average Bonchev–Trinajstić information content (AvgIpc) is 2.27. The second kappa shape index (κ2) is 5.58. The van der Waals surface area contributed by atoms with Crippen LogP contribution in [0.25, 0.3) is 0 Å². The molecule has 10 heteroatoms. The summed E-state index contributed by atoms with van der Waals surface area (Å²) in [5, 5.41) is -5.77. The van der Waals surface area contributed by atoms with Gasteiger partial charge in [-0.2, -0.15) is 35.1 Å². The Labute approximate surface area is 128 Å². The van der Waals surface area contributed by atoms with Gasteiger partial charge < -0.3 is 0 Å². The fourth-order valence-corrected chi connectivity index (χ4v) is 3.48. The Morgan fingerprint density at radius 1 is 0.800 bits per heavy atom. The highest BCUT2D eigenvalue weighted by molar-refractivity contribution is 14.1. The van der Waals surface area contributed by atoms with Gasteiger partial charge in [0.1, 0.15) is 0 Å². The van der Waals surface area contributed by atoms with Crippen molar-refractivity contribution in [2.24, 2.45) is 5.92 Å². The van der Waals surface area contributed by atoms with Crippen molar-refractivity contribution in [2.45, 2.75) is 52.8 Å². The molecular formula is C10H10ClF8I. The van der Waals surface area contributed by atoms with Crippen LogP contribution in [-0.2, 0) is 0 Å². The Morgan fingerprint density at radius 3 is 1.65 bits per heavy atom. The van der Waals surface area contributed by atoms with Crippen molar-refractivity contribution < 1.29 is 35.1 Å². The molecule has 20 heavy (non-hydrogen) atoms. The van der Waals surface area contributed by atoms with Gasteiger partial charge in [-0.3, -0.25) is 0 Å². The molecule has 0 aromatic heterocycles. The molecule has 0 nitrogen and oxygen atoms in total. The van der Waals surface area contributed by atoms with Crippen LogP contribution < -0.4 is 0 Å². The summed E-state index contributed by atoms with van der Waals surface area (Å²) in [7, 11) is 0. The second-order valence-corrected chi connectivity index (χ2v) is 6.75. The molecular weight excluding hydrogens is 434 g/mol. The molecule has 0 spiro atoms.